The van der Waals surface area contributed by atoms with Gasteiger partial charge in [-0.3, -0.25) is 4.79 Å². The molecule has 0 fully saturated rings. The minimum absolute atomic E-state index is 0.177. The largest absolute Gasteiger partial charge is 0.330 e. The van der Waals surface area contributed by atoms with Crippen LogP contribution in [-0.2, 0) is 4.79 Å². The van der Waals surface area contributed by atoms with Gasteiger partial charge in [0.2, 0.25) is 5.91 Å². The summed E-state index contributed by atoms with van der Waals surface area (Å²) in [7, 11) is 0. The lowest BCUT2D eigenvalue weighted by Gasteiger charge is -2.23. The highest BCUT2D eigenvalue weighted by Gasteiger charge is 2.18. The van der Waals surface area contributed by atoms with Gasteiger partial charge < -0.3 is 5.32 Å². The zero-order chi connectivity index (χ0) is 9.14. The van der Waals surface area contributed by atoms with E-state index in [0.29, 0.717) is 12.3 Å². The molecule has 12 heavy (non-hydrogen) atoms. The van der Waals surface area contributed by atoms with E-state index in [4.69, 9.17) is 0 Å². The van der Waals surface area contributed by atoms with E-state index in [2.05, 4.69) is 26.1 Å². The first-order valence-electron chi connectivity index (χ1n) is 4.67. The Morgan fingerprint density at radius 2 is 2.08 bits per heavy atom. The molecule has 1 N–H and O–H groups in total. The second kappa shape index (κ2) is 3.74. The maximum atomic E-state index is 11.1. The highest BCUT2D eigenvalue weighted by atomic mass is 16.1. The average molecular weight is 167 g/mol. The molecule has 0 aromatic carbocycles. The molecule has 0 spiro atoms. The number of hydrogen-bond donors (Lipinski definition) is 1. The Balaban J connectivity index is 2.84. The summed E-state index contributed by atoms with van der Waals surface area (Å²) < 4.78 is 0. The third-order valence-electron chi connectivity index (χ3n) is 2.31. The molecule has 0 aromatic heterocycles. The van der Waals surface area contributed by atoms with E-state index in [1.165, 1.54) is 5.57 Å². The van der Waals surface area contributed by atoms with Crippen molar-refractivity contribution in [3.8, 4) is 0 Å². The molecule has 0 saturated heterocycles. The van der Waals surface area contributed by atoms with Crippen molar-refractivity contribution in [2.75, 3.05) is 0 Å². The molecule has 0 bridgehead atoms. The summed E-state index contributed by atoms with van der Waals surface area (Å²) >= 11 is 0. The molecule has 68 valence electrons. The van der Waals surface area contributed by atoms with Crippen LogP contribution in [-0.4, -0.2) is 5.91 Å². The Morgan fingerprint density at radius 3 is 2.58 bits per heavy atom. The van der Waals surface area contributed by atoms with Crippen LogP contribution >= 0.6 is 0 Å². The Labute approximate surface area is 74.0 Å². The van der Waals surface area contributed by atoms with Gasteiger partial charge in [-0.1, -0.05) is 26.3 Å². The molecule has 0 unspecified atom stereocenters. The molecule has 2 heteroatoms. The normalized spacial score (nSPS) is 18.5. The molecule has 0 radical (unpaired) electrons. The molecule has 0 aromatic rings. The predicted molar refractivity (Wildman–Crippen MR) is 49.5 cm³/mol. The van der Waals surface area contributed by atoms with Gasteiger partial charge in [-0.25, -0.2) is 0 Å². The summed E-state index contributed by atoms with van der Waals surface area (Å²) in [5.74, 6) is 0.625. The van der Waals surface area contributed by atoms with Crippen molar-refractivity contribution >= 4 is 5.91 Å². The molecule has 0 atom stereocenters. The smallest absolute Gasteiger partial charge is 0.224 e. The number of carbonyl (C=O) groups is 1. The van der Waals surface area contributed by atoms with Gasteiger partial charge in [-0.05, 0) is 18.8 Å². The van der Waals surface area contributed by atoms with E-state index in [-0.39, 0.29) is 5.91 Å². The molecule has 1 aliphatic rings. The number of rotatable bonds is 2. The maximum Gasteiger partial charge on any atom is 0.224 e. The second-order valence-electron chi connectivity index (χ2n) is 3.57. The van der Waals surface area contributed by atoms with E-state index in [9.17, 15) is 4.79 Å². The fraction of sp³-hybridized carbons (Fsp3) is 0.700. The summed E-state index contributed by atoms with van der Waals surface area (Å²) in [6, 6.07) is 0. The summed E-state index contributed by atoms with van der Waals surface area (Å²) in [6.45, 7) is 6.39. The van der Waals surface area contributed by atoms with Crippen molar-refractivity contribution < 1.29 is 4.79 Å². The number of allylic oxidation sites excluding steroid dienone is 2. The second-order valence-corrected chi connectivity index (χ2v) is 3.57. The van der Waals surface area contributed by atoms with Crippen molar-refractivity contribution in [2.24, 2.45) is 5.92 Å². The third-order valence-corrected chi connectivity index (χ3v) is 2.31. The van der Waals surface area contributed by atoms with Crippen LogP contribution in [0.2, 0.25) is 0 Å². The van der Waals surface area contributed by atoms with Crippen LogP contribution in [0.3, 0.4) is 0 Å². The Kier molecular flexibility index (Phi) is 2.90. The molecule has 1 amide bonds. The van der Waals surface area contributed by atoms with E-state index in [0.717, 1.165) is 18.5 Å². The van der Waals surface area contributed by atoms with Gasteiger partial charge in [-0.15, -0.1) is 0 Å². The van der Waals surface area contributed by atoms with Crippen LogP contribution in [0.1, 0.15) is 40.0 Å². The molecule has 1 rings (SSSR count). The number of carbonyl (C=O) groups excluding carboxylic acids is 1. The van der Waals surface area contributed by atoms with Crippen molar-refractivity contribution in [3.63, 3.8) is 0 Å². The summed E-state index contributed by atoms with van der Waals surface area (Å²) in [6.07, 6.45) is 2.68. The van der Waals surface area contributed by atoms with Gasteiger partial charge in [0.15, 0.2) is 0 Å². The summed E-state index contributed by atoms with van der Waals surface area (Å²) in [5, 5.41) is 2.96. The maximum absolute atomic E-state index is 11.1. The van der Waals surface area contributed by atoms with Crippen molar-refractivity contribution in [1.29, 1.82) is 0 Å². The third kappa shape index (κ3) is 1.87. The Morgan fingerprint density at radius 1 is 1.42 bits per heavy atom. The van der Waals surface area contributed by atoms with Gasteiger partial charge >= 0.3 is 0 Å². The highest BCUT2D eigenvalue weighted by molar-refractivity contribution is 5.79. The number of hydrogen-bond acceptors (Lipinski definition) is 1. The SMILES string of the molecule is CCC1=C(C(C)C)NC(=O)CC1. The summed E-state index contributed by atoms with van der Waals surface area (Å²) in [4.78, 5) is 11.1. The van der Waals surface area contributed by atoms with E-state index in [1.807, 2.05) is 0 Å². The minimum Gasteiger partial charge on any atom is -0.330 e. The molecule has 0 aliphatic carbocycles. The molecule has 1 heterocycles. The molecule has 0 saturated carbocycles. The quantitative estimate of drug-likeness (QED) is 0.671. The van der Waals surface area contributed by atoms with Crippen molar-refractivity contribution in [3.05, 3.63) is 11.3 Å². The first kappa shape index (κ1) is 9.30. The summed E-state index contributed by atoms with van der Waals surface area (Å²) in [5.41, 5.74) is 2.58. The minimum atomic E-state index is 0.177. The van der Waals surface area contributed by atoms with Crippen LogP contribution in [0, 0.1) is 5.92 Å². The first-order chi connectivity index (χ1) is 5.65. The Hall–Kier alpha value is -0.790. The van der Waals surface area contributed by atoms with Gasteiger partial charge in [0.25, 0.3) is 0 Å². The van der Waals surface area contributed by atoms with E-state index < -0.39 is 0 Å². The topological polar surface area (TPSA) is 29.1 Å². The van der Waals surface area contributed by atoms with Gasteiger partial charge in [0.1, 0.15) is 0 Å². The van der Waals surface area contributed by atoms with Gasteiger partial charge in [-0.2, -0.15) is 0 Å². The van der Waals surface area contributed by atoms with Gasteiger partial charge in [0, 0.05) is 12.1 Å². The van der Waals surface area contributed by atoms with E-state index >= 15 is 0 Å². The van der Waals surface area contributed by atoms with E-state index in [1.54, 1.807) is 0 Å². The molecule has 2 nitrogen and oxygen atoms in total. The van der Waals surface area contributed by atoms with Crippen LogP contribution < -0.4 is 5.32 Å². The van der Waals surface area contributed by atoms with Crippen LogP contribution in [0.25, 0.3) is 0 Å². The molecule has 1 aliphatic heterocycles. The fourth-order valence-corrected chi connectivity index (χ4v) is 1.62. The monoisotopic (exact) mass is 167 g/mol. The fourth-order valence-electron chi connectivity index (χ4n) is 1.62. The number of amides is 1. The van der Waals surface area contributed by atoms with Crippen LogP contribution in [0.4, 0.5) is 0 Å². The van der Waals surface area contributed by atoms with Crippen molar-refractivity contribution in [2.45, 2.75) is 40.0 Å². The first-order valence-corrected chi connectivity index (χ1v) is 4.67. The lowest BCUT2D eigenvalue weighted by molar-refractivity contribution is -0.120. The van der Waals surface area contributed by atoms with Crippen LogP contribution in [0.5, 0.6) is 0 Å². The van der Waals surface area contributed by atoms with Gasteiger partial charge in [0.05, 0.1) is 0 Å². The van der Waals surface area contributed by atoms with Crippen LogP contribution in [0.15, 0.2) is 11.3 Å². The average Bonchev–Trinajstić information content (AvgIpc) is 2.04. The Bertz CT molecular complexity index is 216. The number of nitrogens with one attached hydrogen (secondary N) is 1. The highest BCUT2D eigenvalue weighted by Crippen LogP contribution is 2.23. The standard InChI is InChI=1S/C10H17NO/c1-4-8-5-6-9(12)11-10(8)7(2)3/h7H,4-6H2,1-3H3,(H,11,12). The molecular formula is C10H17NO. The molecular weight excluding hydrogens is 150 g/mol. The zero-order valence-electron chi connectivity index (χ0n) is 8.11. The lowest BCUT2D eigenvalue weighted by Crippen LogP contribution is -2.30. The van der Waals surface area contributed by atoms with Crippen molar-refractivity contribution in [1.82, 2.24) is 5.32 Å². The predicted octanol–water partition coefficient (Wildman–Crippen LogP) is 2.22. The lowest BCUT2D eigenvalue weighted by atomic mass is 9.95. The zero-order valence-corrected chi connectivity index (χ0v) is 8.11.